The molecule has 0 saturated carbocycles. The fraction of sp³-hybridized carbons (Fsp3) is 0.0800. The minimum atomic E-state index is -0.291. The second-order valence-electron chi connectivity index (χ2n) is 7.20. The summed E-state index contributed by atoms with van der Waals surface area (Å²) < 4.78 is 7.34. The van der Waals surface area contributed by atoms with Gasteiger partial charge >= 0.3 is 5.84 Å². The van der Waals surface area contributed by atoms with Gasteiger partial charge in [0.05, 0.1) is 0 Å². The summed E-state index contributed by atoms with van der Waals surface area (Å²) in [6.07, 6.45) is 1.94. The van der Waals surface area contributed by atoms with Gasteiger partial charge in [-0.15, -0.1) is 0 Å². The summed E-state index contributed by atoms with van der Waals surface area (Å²) in [4.78, 5) is 17.2. The van der Waals surface area contributed by atoms with Gasteiger partial charge in [-0.3, -0.25) is 4.79 Å². The lowest BCUT2D eigenvalue weighted by atomic mass is 10.00. The van der Waals surface area contributed by atoms with Crippen molar-refractivity contribution < 1.29 is 9.21 Å². The van der Waals surface area contributed by atoms with Crippen molar-refractivity contribution in [3.63, 3.8) is 0 Å². The average Bonchev–Trinajstić information content (AvgIpc) is 3.42. The van der Waals surface area contributed by atoms with Crippen LogP contribution in [0.2, 0.25) is 0 Å². The molecule has 1 N–H and O–H groups in total. The largest absolute Gasteiger partial charge is 0.416 e. The Kier molecular flexibility index (Phi) is 5.02. The zero-order valence-electron chi connectivity index (χ0n) is 16.7. The smallest absolute Gasteiger partial charge is 0.325 e. The number of aromatic nitrogens is 3. The summed E-state index contributed by atoms with van der Waals surface area (Å²) in [6, 6.07) is 28.1. The van der Waals surface area contributed by atoms with E-state index in [4.69, 9.17) is 4.42 Å². The number of oxazole rings is 1. The van der Waals surface area contributed by atoms with Gasteiger partial charge in [-0.2, -0.15) is 14.6 Å². The van der Waals surface area contributed by atoms with Crippen molar-refractivity contribution in [3.05, 3.63) is 114 Å². The molecular formula is C25H20N4O2. The maximum absolute atomic E-state index is 13.1. The van der Waals surface area contributed by atoms with E-state index in [1.54, 1.807) is 4.52 Å². The molecule has 0 bridgehead atoms. The minimum Gasteiger partial charge on any atom is -0.416 e. The predicted octanol–water partition coefficient (Wildman–Crippen LogP) is 4.51. The molecule has 3 aromatic carbocycles. The average molecular weight is 408 g/mol. The molecule has 0 fully saturated rings. The van der Waals surface area contributed by atoms with Crippen molar-refractivity contribution in [3.8, 4) is 11.1 Å². The fourth-order valence-electron chi connectivity index (χ4n) is 3.68. The van der Waals surface area contributed by atoms with Gasteiger partial charge in [-0.1, -0.05) is 84.9 Å². The van der Waals surface area contributed by atoms with Crippen molar-refractivity contribution >= 4 is 11.8 Å². The molecule has 0 aliphatic heterocycles. The van der Waals surface area contributed by atoms with Crippen LogP contribution in [0.1, 0.15) is 27.4 Å². The van der Waals surface area contributed by atoms with Crippen LogP contribution in [0.25, 0.3) is 17.0 Å². The van der Waals surface area contributed by atoms with E-state index in [1.165, 1.54) is 6.33 Å². The molecule has 0 atom stereocenters. The quantitative estimate of drug-likeness (QED) is 0.449. The second kappa shape index (κ2) is 8.28. The minimum absolute atomic E-state index is 0.233. The molecule has 0 aliphatic carbocycles. The van der Waals surface area contributed by atoms with E-state index in [0.29, 0.717) is 24.5 Å². The Hall–Kier alpha value is -4.19. The van der Waals surface area contributed by atoms with Gasteiger partial charge in [-0.25, -0.2) is 0 Å². The number of hydrogen-bond acceptors (Lipinski definition) is 4. The highest BCUT2D eigenvalue weighted by Gasteiger charge is 2.22. The van der Waals surface area contributed by atoms with Crippen LogP contribution in [0.15, 0.2) is 95.7 Å². The Morgan fingerprint density at radius 3 is 2.42 bits per heavy atom. The van der Waals surface area contributed by atoms with E-state index in [9.17, 15) is 4.79 Å². The molecule has 5 rings (SSSR count). The van der Waals surface area contributed by atoms with Crippen LogP contribution in [0, 0.1) is 0 Å². The number of benzene rings is 3. The van der Waals surface area contributed by atoms with E-state index >= 15 is 0 Å². The van der Waals surface area contributed by atoms with Crippen LogP contribution in [-0.4, -0.2) is 20.5 Å². The summed E-state index contributed by atoms with van der Waals surface area (Å²) in [6.45, 7) is 0.380. The normalized spacial score (nSPS) is 11.0. The maximum atomic E-state index is 13.1. The van der Waals surface area contributed by atoms with Gasteiger partial charge in [0.25, 0.3) is 5.91 Å². The fourth-order valence-corrected chi connectivity index (χ4v) is 3.68. The molecule has 1 amide bonds. The highest BCUT2D eigenvalue weighted by molar-refractivity contribution is 5.93. The van der Waals surface area contributed by atoms with Crippen molar-refractivity contribution in [2.75, 3.05) is 0 Å². The highest BCUT2D eigenvalue weighted by Crippen LogP contribution is 2.24. The number of amides is 1. The van der Waals surface area contributed by atoms with Gasteiger partial charge in [0, 0.05) is 13.0 Å². The van der Waals surface area contributed by atoms with Gasteiger partial charge in [-0.05, 0) is 22.3 Å². The van der Waals surface area contributed by atoms with Crippen molar-refractivity contribution in [1.82, 2.24) is 19.9 Å². The molecular weight excluding hydrogens is 388 g/mol. The SMILES string of the molecule is O=C(NCc1ccccc1-c1ccccc1)c1oc2ncnn2c1Cc1ccccc1. The van der Waals surface area contributed by atoms with Gasteiger partial charge in [0.1, 0.15) is 12.0 Å². The Morgan fingerprint density at radius 1 is 0.903 bits per heavy atom. The number of hydrogen-bond donors (Lipinski definition) is 1. The molecule has 31 heavy (non-hydrogen) atoms. The van der Waals surface area contributed by atoms with E-state index in [-0.39, 0.29) is 11.7 Å². The first kappa shape index (κ1) is 18.8. The predicted molar refractivity (Wildman–Crippen MR) is 118 cm³/mol. The van der Waals surface area contributed by atoms with Crippen molar-refractivity contribution in [2.45, 2.75) is 13.0 Å². The van der Waals surface area contributed by atoms with Gasteiger partial charge in [0.2, 0.25) is 5.76 Å². The van der Waals surface area contributed by atoms with E-state index < -0.39 is 0 Å². The number of carbonyl (C=O) groups is 1. The van der Waals surface area contributed by atoms with Gasteiger partial charge < -0.3 is 9.73 Å². The molecule has 0 saturated heterocycles. The maximum Gasteiger partial charge on any atom is 0.325 e. The first-order valence-corrected chi connectivity index (χ1v) is 10.1. The summed E-state index contributed by atoms with van der Waals surface area (Å²) in [5.41, 5.74) is 4.96. The van der Waals surface area contributed by atoms with Crippen LogP contribution in [0.3, 0.4) is 0 Å². The zero-order chi connectivity index (χ0) is 21.0. The molecule has 6 nitrogen and oxygen atoms in total. The second-order valence-corrected chi connectivity index (χ2v) is 7.20. The number of nitrogens with one attached hydrogen (secondary N) is 1. The standard InChI is InChI=1S/C25H20N4O2/c30-24(26-16-20-13-7-8-14-21(20)19-11-5-2-6-12-19)23-22(15-18-9-3-1-4-10-18)29-25(31-23)27-17-28-29/h1-14,17H,15-16H2,(H,26,30). The molecule has 0 aliphatic rings. The number of carbonyl (C=O) groups excluding carboxylic acids is 1. The lowest BCUT2D eigenvalue weighted by molar-refractivity contribution is 0.0924. The molecule has 0 unspecified atom stereocenters. The third kappa shape index (κ3) is 3.83. The number of nitrogens with zero attached hydrogens (tertiary/aromatic N) is 3. The lowest BCUT2D eigenvalue weighted by Gasteiger charge is -2.11. The van der Waals surface area contributed by atoms with Crippen LogP contribution < -0.4 is 5.32 Å². The first-order chi connectivity index (χ1) is 15.3. The molecule has 6 heteroatoms. The Bertz CT molecular complexity index is 1320. The zero-order valence-corrected chi connectivity index (χ0v) is 16.7. The topological polar surface area (TPSA) is 72.4 Å². The third-order valence-electron chi connectivity index (χ3n) is 5.19. The van der Waals surface area contributed by atoms with Crippen LogP contribution in [0.5, 0.6) is 0 Å². The van der Waals surface area contributed by atoms with Crippen LogP contribution >= 0.6 is 0 Å². The lowest BCUT2D eigenvalue weighted by Crippen LogP contribution is -2.24. The monoisotopic (exact) mass is 408 g/mol. The van der Waals surface area contributed by atoms with Crippen LogP contribution in [-0.2, 0) is 13.0 Å². The van der Waals surface area contributed by atoms with Crippen LogP contribution in [0.4, 0.5) is 0 Å². The summed E-state index contributed by atoms with van der Waals surface area (Å²) in [5, 5.41) is 7.22. The molecule has 152 valence electrons. The summed E-state index contributed by atoms with van der Waals surface area (Å²) in [7, 11) is 0. The van der Waals surface area contributed by atoms with Crippen molar-refractivity contribution in [1.29, 1.82) is 0 Å². The highest BCUT2D eigenvalue weighted by atomic mass is 16.4. The molecule has 5 aromatic rings. The van der Waals surface area contributed by atoms with Crippen molar-refractivity contribution in [2.24, 2.45) is 0 Å². The van der Waals surface area contributed by atoms with E-state index in [2.05, 4.69) is 33.6 Å². The Morgan fingerprint density at radius 2 is 1.61 bits per heavy atom. The molecule has 2 aromatic heterocycles. The Balaban J connectivity index is 1.41. The van der Waals surface area contributed by atoms with E-state index in [0.717, 1.165) is 22.3 Å². The third-order valence-corrected chi connectivity index (χ3v) is 5.19. The molecule has 0 spiro atoms. The molecule has 0 radical (unpaired) electrons. The summed E-state index contributed by atoms with van der Waals surface area (Å²) in [5.74, 6) is 0.249. The molecule has 2 heterocycles. The summed E-state index contributed by atoms with van der Waals surface area (Å²) >= 11 is 0. The van der Waals surface area contributed by atoms with E-state index in [1.807, 2.05) is 66.7 Å². The Labute approximate surface area is 179 Å². The number of fused-ring (bicyclic) bond motifs is 1. The first-order valence-electron chi connectivity index (χ1n) is 10.1. The number of rotatable bonds is 6. The van der Waals surface area contributed by atoms with Gasteiger partial charge in [0.15, 0.2) is 0 Å².